The van der Waals surface area contributed by atoms with Crippen LogP contribution in [0.5, 0.6) is 0 Å². The summed E-state index contributed by atoms with van der Waals surface area (Å²) in [5.74, 6) is -0.231. The summed E-state index contributed by atoms with van der Waals surface area (Å²) in [6.45, 7) is 5.88. The van der Waals surface area contributed by atoms with Crippen LogP contribution in [0.3, 0.4) is 0 Å². The van der Waals surface area contributed by atoms with Crippen molar-refractivity contribution in [3.63, 3.8) is 0 Å². The van der Waals surface area contributed by atoms with Gasteiger partial charge >= 0.3 is 0 Å². The second kappa shape index (κ2) is 10.5. The van der Waals surface area contributed by atoms with Crippen molar-refractivity contribution >= 4 is 15.9 Å². The van der Waals surface area contributed by atoms with Crippen molar-refractivity contribution in [2.75, 3.05) is 26.3 Å². The van der Waals surface area contributed by atoms with E-state index in [1.54, 1.807) is 36.4 Å². The van der Waals surface area contributed by atoms with E-state index in [2.05, 4.69) is 4.98 Å². The molecule has 34 heavy (non-hydrogen) atoms. The highest BCUT2D eigenvalue weighted by molar-refractivity contribution is 7.89. The smallest absolute Gasteiger partial charge is 0.254 e. The van der Waals surface area contributed by atoms with Gasteiger partial charge in [-0.25, -0.2) is 8.42 Å². The Bertz CT molecular complexity index is 1260. The quantitative estimate of drug-likeness (QED) is 0.518. The van der Waals surface area contributed by atoms with E-state index >= 15 is 0 Å². The van der Waals surface area contributed by atoms with Gasteiger partial charge < -0.3 is 9.64 Å². The lowest BCUT2D eigenvalue weighted by molar-refractivity contribution is 0.0725. The van der Waals surface area contributed by atoms with Crippen LogP contribution in [-0.2, 0) is 27.8 Å². The van der Waals surface area contributed by atoms with Crippen LogP contribution in [0.1, 0.15) is 32.6 Å². The Hall–Kier alpha value is -3.07. The van der Waals surface area contributed by atoms with Crippen LogP contribution >= 0.6 is 0 Å². The first kappa shape index (κ1) is 24.1. The van der Waals surface area contributed by atoms with Gasteiger partial charge in [0.25, 0.3) is 5.91 Å². The highest BCUT2D eigenvalue weighted by Crippen LogP contribution is 2.24. The Kier molecular flexibility index (Phi) is 7.41. The third-order valence-corrected chi connectivity index (χ3v) is 8.07. The van der Waals surface area contributed by atoms with Crippen LogP contribution in [0, 0.1) is 13.8 Å². The number of sulfonamides is 1. The van der Waals surface area contributed by atoms with Crippen molar-refractivity contribution in [1.82, 2.24) is 14.2 Å². The summed E-state index contributed by atoms with van der Waals surface area (Å²) in [7, 11) is -3.73. The third-order valence-electron chi connectivity index (χ3n) is 6.03. The van der Waals surface area contributed by atoms with E-state index in [1.807, 2.05) is 43.3 Å². The molecule has 2 heterocycles. The van der Waals surface area contributed by atoms with Gasteiger partial charge in [0.15, 0.2) is 0 Å². The molecule has 1 aliphatic heterocycles. The molecule has 1 fully saturated rings. The van der Waals surface area contributed by atoms with Crippen molar-refractivity contribution in [3.8, 4) is 0 Å². The molecular weight excluding hydrogens is 450 g/mol. The maximum absolute atomic E-state index is 13.7. The number of pyridine rings is 1. The Morgan fingerprint density at radius 2 is 1.76 bits per heavy atom. The molecule has 8 heteroatoms. The van der Waals surface area contributed by atoms with E-state index < -0.39 is 10.0 Å². The van der Waals surface area contributed by atoms with Gasteiger partial charge in [0.05, 0.1) is 18.1 Å². The molecule has 0 atom stereocenters. The predicted octanol–water partition coefficient (Wildman–Crippen LogP) is 3.56. The number of rotatable bonds is 7. The van der Waals surface area contributed by atoms with Gasteiger partial charge in [-0.2, -0.15) is 4.31 Å². The molecule has 3 aromatic rings. The molecule has 4 rings (SSSR count). The molecule has 0 N–H and O–H groups in total. The number of aromatic nitrogens is 1. The van der Waals surface area contributed by atoms with Crippen LogP contribution < -0.4 is 0 Å². The van der Waals surface area contributed by atoms with Crippen LogP contribution in [0.2, 0.25) is 0 Å². The van der Waals surface area contributed by atoms with Gasteiger partial charge in [0.1, 0.15) is 0 Å². The molecule has 0 saturated carbocycles. The second-order valence-corrected chi connectivity index (χ2v) is 10.4. The number of carbonyl (C=O) groups is 1. The molecule has 0 spiro atoms. The van der Waals surface area contributed by atoms with Crippen LogP contribution in [0.15, 0.2) is 71.9 Å². The Labute approximate surface area is 201 Å². The number of benzene rings is 2. The van der Waals surface area contributed by atoms with Gasteiger partial charge in [0.2, 0.25) is 10.0 Å². The topological polar surface area (TPSA) is 79.8 Å². The molecule has 1 aromatic heterocycles. The largest absolute Gasteiger partial charge is 0.379 e. The molecule has 1 amide bonds. The van der Waals surface area contributed by atoms with E-state index in [1.165, 1.54) is 10.4 Å². The molecule has 0 radical (unpaired) electrons. The molecule has 0 unspecified atom stereocenters. The Morgan fingerprint density at radius 3 is 2.47 bits per heavy atom. The molecule has 2 aromatic carbocycles. The fourth-order valence-corrected chi connectivity index (χ4v) is 5.68. The minimum atomic E-state index is -3.73. The van der Waals surface area contributed by atoms with Crippen LogP contribution in [-0.4, -0.2) is 54.8 Å². The number of amides is 1. The van der Waals surface area contributed by atoms with Gasteiger partial charge in [-0.1, -0.05) is 36.4 Å². The standard InChI is InChI=1S/C26H29N3O4S/c1-20-6-3-4-8-24(20)19-28(18-22-7-5-11-27-17-22)26(30)23-10-9-21(2)25(16-23)34(31,32)29-12-14-33-15-13-29/h3-11,16-17H,12-15,18-19H2,1-2H3. The molecular formula is C26H29N3O4S. The first-order valence-corrected chi connectivity index (χ1v) is 12.7. The fraction of sp³-hybridized carbons (Fsp3) is 0.308. The van der Waals surface area contributed by atoms with E-state index in [4.69, 9.17) is 4.74 Å². The van der Waals surface area contributed by atoms with Crippen molar-refractivity contribution < 1.29 is 17.9 Å². The van der Waals surface area contributed by atoms with E-state index in [-0.39, 0.29) is 10.8 Å². The average Bonchev–Trinajstić information content (AvgIpc) is 2.86. The number of carbonyl (C=O) groups excluding carboxylic acids is 1. The Balaban J connectivity index is 1.68. The summed E-state index contributed by atoms with van der Waals surface area (Å²) < 4.78 is 33.4. The number of hydrogen-bond donors (Lipinski definition) is 0. The van der Waals surface area contributed by atoms with Crippen molar-refractivity contribution in [2.45, 2.75) is 31.8 Å². The zero-order valence-electron chi connectivity index (χ0n) is 19.5. The van der Waals surface area contributed by atoms with E-state index in [0.29, 0.717) is 50.5 Å². The highest BCUT2D eigenvalue weighted by atomic mass is 32.2. The fourth-order valence-electron chi connectivity index (χ4n) is 4.02. The van der Waals surface area contributed by atoms with E-state index in [9.17, 15) is 13.2 Å². The number of aryl methyl sites for hydroxylation is 2. The summed E-state index contributed by atoms with van der Waals surface area (Å²) in [6, 6.07) is 16.6. The number of morpholine rings is 1. The van der Waals surface area contributed by atoms with Gasteiger partial charge in [0, 0.05) is 44.1 Å². The van der Waals surface area contributed by atoms with E-state index in [0.717, 1.165) is 16.7 Å². The highest BCUT2D eigenvalue weighted by Gasteiger charge is 2.29. The molecule has 178 valence electrons. The maximum Gasteiger partial charge on any atom is 0.254 e. The summed E-state index contributed by atoms with van der Waals surface area (Å²) in [4.78, 5) is 19.8. The second-order valence-electron chi connectivity index (χ2n) is 8.45. The van der Waals surface area contributed by atoms with Crippen molar-refractivity contribution in [2.24, 2.45) is 0 Å². The van der Waals surface area contributed by atoms with Crippen LogP contribution in [0.25, 0.3) is 0 Å². The van der Waals surface area contributed by atoms with Gasteiger partial charge in [-0.15, -0.1) is 0 Å². The van der Waals surface area contributed by atoms with Gasteiger partial charge in [-0.05, 0) is 54.3 Å². The first-order chi connectivity index (χ1) is 16.4. The SMILES string of the molecule is Cc1ccccc1CN(Cc1cccnc1)C(=O)c1ccc(C)c(S(=O)(=O)N2CCOCC2)c1. The summed E-state index contributed by atoms with van der Waals surface area (Å²) >= 11 is 0. The number of nitrogens with zero attached hydrogens (tertiary/aromatic N) is 3. The van der Waals surface area contributed by atoms with Crippen molar-refractivity contribution in [3.05, 3.63) is 94.8 Å². The summed E-state index contributed by atoms with van der Waals surface area (Å²) in [5.41, 5.74) is 3.98. The maximum atomic E-state index is 13.7. The number of hydrogen-bond acceptors (Lipinski definition) is 5. The predicted molar refractivity (Wildman–Crippen MR) is 130 cm³/mol. The molecule has 0 aliphatic carbocycles. The molecule has 1 saturated heterocycles. The Morgan fingerprint density at radius 1 is 1.00 bits per heavy atom. The minimum absolute atomic E-state index is 0.164. The zero-order chi connectivity index (χ0) is 24.1. The third kappa shape index (κ3) is 5.35. The zero-order valence-corrected chi connectivity index (χ0v) is 20.3. The first-order valence-electron chi connectivity index (χ1n) is 11.3. The monoisotopic (exact) mass is 479 g/mol. The average molecular weight is 480 g/mol. The molecule has 0 bridgehead atoms. The lowest BCUT2D eigenvalue weighted by Gasteiger charge is -2.27. The minimum Gasteiger partial charge on any atom is -0.379 e. The summed E-state index contributed by atoms with van der Waals surface area (Å²) in [5, 5.41) is 0. The molecule has 7 nitrogen and oxygen atoms in total. The normalized spacial score (nSPS) is 14.6. The van der Waals surface area contributed by atoms with Crippen molar-refractivity contribution in [1.29, 1.82) is 0 Å². The molecule has 1 aliphatic rings. The van der Waals surface area contributed by atoms with Gasteiger partial charge in [-0.3, -0.25) is 9.78 Å². The van der Waals surface area contributed by atoms with Crippen LogP contribution in [0.4, 0.5) is 0 Å². The lowest BCUT2D eigenvalue weighted by atomic mass is 10.1. The lowest BCUT2D eigenvalue weighted by Crippen LogP contribution is -2.41. The number of ether oxygens (including phenoxy) is 1. The summed E-state index contributed by atoms with van der Waals surface area (Å²) in [6.07, 6.45) is 3.43.